The molecule has 1 saturated carbocycles. The molecule has 1 fully saturated rings. The number of ether oxygens (including phenoxy) is 1. The van der Waals surface area contributed by atoms with E-state index in [2.05, 4.69) is 36.4 Å². The third-order valence-electron chi connectivity index (χ3n) is 4.44. The fraction of sp³-hybridized carbons (Fsp3) is 0.625. The van der Waals surface area contributed by atoms with Gasteiger partial charge in [-0.05, 0) is 64.0 Å². The van der Waals surface area contributed by atoms with Crippen LogP contribution in [0.1, 0.15) is 24.8 Å². The second-order valence-electron chi connectivity index (χ2n) is 5.75. The third-order valence-corrected chi connectivity index (χ3v) is 4.44. The maximum Gasteiger partial charge on any atom is 0.118 e. The van der Waals surface area contributed by atoms with Gasteiger partial charge in [0.2, 0.25) is 0 Å². The highest BCUT2D eigenvalue weighted by molar-refractivity contribution is 5.27. The molecule has 0 amide bonds. The molecule has 1 aromatic carbocycles. The molecule has 0 bridgehead atoms. The summed E-state index contributed by atoms with van der Waals surface area (Å²) in [6.07, 6.45) is 5.11. The van der Waals surface area contributed by atoms with E-state index in [9.17, 15) is 0 Å². The van der Waals surface area contributed by atoms with E-state index in [0.717, 1.165) is 25.3 Å². The van der Waals surface area contributed by atoms with E-state index >= 15 is 0 Å². The van der Waals surface area contributed by atoms with Crippen molar-refractivity contribution in [2.45, 2.75) is 31.2 Å². The van der Waals surface area contributed by atoms with Crippen LogP contribution in [0.5, 0.6) is 5.75 Å². The lowest BCUT2D eigenvalue weighted by atomic mass is 9.75. The van der Waals surface area contributed by atoms with Crippen LogP contribution in [0.15, 0.2) is 24.3 Å². The van der Waals surface area contributed by atoms with Crippen LogP contribution in [0.3, 0.4) is 0 Å². The van der Waals surface area contributed by atoms with Crippen molar-refractivity contribution < 1.29 is 4.74 Å². The summed E-state index contributed by atoms with van der Waals surface area (Å²) in [5, 5.41) is 3.61. The molecule has 0 radical (unpaired) electrons. The van der Waals surface area contributed by atoms with Gasteiger partial charge in [0.25, 0.3) is 0 Å². The van der Waals surface area contributed by atoms with Gasteiger partial charge in [-0.15, -0.1) is 0 Å². The Morgan fingerprint density at radius 1 is 1.21 bits per heavy atom. The van der Waals surface area contributed by atoms with Gasteiger partial charge in [0, 0.05) is 12.1 Å². The molecule has 0 spiro atoms. The average Bonchev–Trinajstić information content (AvgIpc) is 2.37. The first-order valence-corrected chi connectivity index (χ1v) is 7.17. The number of hydrogen-bond acceptors (Lipinski definition) is 3. The maximum absolute atomic E-state index is 5.17. The fourth-order valence-corrected chi connectivity index (χ4v) is 2.71. The van der Waals surface area contributed by atoms with Crippen molar-refractivity contribution in [1.29, 1.82) is 0 Å². The molecule has 1 aliphatic carbocycles. The van der Waals surface area contributed by atoms with Gasteiger partial charge in [0.1, 0.15) is 5.75 Å². The quantitative estimate of drug-likeness (QED) is 0.763. The van der Waals surface area contributed by atoms with Gasteiger partial charge in [-0.1, -0.05) is 12.1 Å². The van der Waals surface area contributed by atoms with E-state index in [-0.39, 0.29) is 0 Å². The second kappa shape index (κ2) is 6.40. The second-order valence-corrected chi connectivity index (χ2v) is 5.75. The lowest BCUT2D eigenvalue weighted by Crippen LogP contribution is -2.56. The van der Waals surface area contributed by atoms with Gasteiger partial charge in [-0.25, -0.2) is 0 Å². The number of methoxy groups -OCH3 is 1. The molecule has 0 saturated heterocycles. The van der Waals surface area contributed by atoms with Gasteiger partial charge in [-0.2, -0.15) is 0 Å². The molecule has 106 valence electrons. The van der Waals surface area contributed by atoms with E-state index in [4.69, 9.17) is 4.74 Å². The first-order chi connectivity index (χ1) is 9.16. The minimum Gasteiger partial charge on any atom is -0.497 e. The van der Waals surface area contributed by atoms with Crippen molar-refractivity contribution in [1.82, 2.24) is 10.2 Å². The van der Waals surface area contributed by atoms with Crippen molar-refractivity contribution in [2.24, 2.45) is 0 Å². The zero-order valence-corrected chi connectivity index (χ0v) is 12.4. The van der Waals surface area contributed by atoms with Crippen molar-refractivity contribution in [3.63, 3.8) is 0 Å². The Morgan fingerprint density at radius 2 is 1.89 bits per heavy atom. The smallest absolute Gasteiger partial charge is 0.118 e. The summed E-state index contributed by atoms with van der Waals surface area (Å²) in [5.41, 5.74) is 1.78. The lowest BCUT2D eigenvalue weighted by Gasteiger charge is -2.47. The molecule has 2 rings (SSSR count). The van der Waals surface area contributed by atoms with Gasteiger partial charge >= 0.3 is 0 Å². The average molecular weight is 262 g/mol. The molecule has 1 aliphatic rings. The highest BCUT2D eigenvalue weighted by Crippen LogP contribution is 2.35. The number of benzene rings is 1. The van der Waals surface area contributed by atoms with Crippen molar-refractivity contribution in [3.05, 3.63) is 29.8 Å². The predicted octanol–water partition coefficient (Wildman–Crippen LogP) is 2.31. The molecule has 1 N–H and O–H groups in total. The summed E-state index contributed by atoms with van der Waals surface area (Å²) in [7, 11) is 6.10. The number of likely N-dealkylation sites (N-methyl/N-ethyl adjacent to an activating group) is 1. The minimum absolute atomic E-state index is 0.417. The summed E-state index contributed by atoms with van der Waals surface area (Å²) in [4.78, 5) is 2.39. The monoisotopic (exact) mass is 262 g/mol. The zero-order valence-electron chi connectivity index (χ0n) is 12.4. The van der Waals surface area contributed by atoms with Crippen molar-refractivity contribution >= 4 is 0 Å². The first-order valence-electron chi connectivity index (χ1n) is 7.17. The predicted molar refractivity (Wildman–Crippen MR) is 79.8 cm³/mol. The van der Waals surface area contributed by atoms with E-state index in [0.29, 0.717) is 5.54 Å². The normalized spacial score (nSPS) is 17.3. The van der Waals surface area contributed by atoms with Gasteiger partial charge < -0.3 is 15.0 Å². The number of rotatable bonds is 7. The Kier molecular flexibility index (Phi) is 4.83. The fourth-order valence-electron chi connectivity index (χ4n) is 2.71. The molecular formula is C16H26N2O. The van der Waals surface area contributed by atoms with Crippen LogP contribution in [-0.2, 0) is 6.42 Å². The molecule has 3 heteroatoms. The van der Waals surface area contributed by atoms with Crippen LogP contribution < -0.4 is 10.1 Å². The van der Waals surface area contributed by atoms with E-state index in [1.807, 2.05) is 12.1 Å². The summed E-state index contributed by atoms with van der Waals surface area (Å²) in [6.45, 7) is 2.15. The largest absolute Gasteiger partial charge is 0.497 e. The third kappa shape index (κ3) is 3.48. The van der Waals surface area contributed by atoms with E-state index in [1.54, 1.807) is 7.11 Å². The number of hydrogen-bond donors (Lipinski definition) is 1. The first kappa shape index (κ1) is 14.4. The topological polar surface area (TPSA) is 24.5 Å². The van der Waals surface area contributed by atoms with Crippen molar-refractivity contribution in [3.8, 4) is 5.75 Å². The van der Waals surface area contributed by atoms with E-state index in [1.165, 1.54) is 24.8 Å². The Bertz CT molecular complexity index is 382. The van der Waals surface area contributed by atoms with Crippen LogP contribution in [-0.4, -0.2) is 44.7 Å². The SMILES string of the molecule is COc1ccc(CCNCC2(N(C)C)CCC2)cc1. The van der Waals surface area contributed by atoms with Gasteiger partial charge in [-0.3, -0.25) is 0 Å². The summed E-state index contributed by atoms with van der Waals surface area (Å²) < 4.78 is 5.17. The van der Waals surface area contributed by atoms with Gasteiger partial charge in [0.15, 0.2) is 0 Å². The summed E-state index contributed by atoms with van der Waals surface area (Å²) >= 11 is 0. The Morgan fingerprint density at radius 3 is 2.37 bits per heavy atom. The molecule has 3 nitrogen and oxygen atoms in total. The van der Waals surface area contributed by atoms with Crippen LogP contribution >= 0.6 is 0 Å². The molecular weight excluding hydrogens is 236 g/mol. The zero-order chi connectivity index (χ0) is 13.7. The number of nitrogens with zero attached hydrogens (tertiary/aromatic N) is 1. The highest BCUT2D eigenvalue weighted by Gasteiger charge is 2.38. The molecule has 19 heavy (non-hydrogen) atoms. The Hall–Kier alpha value is -1.06. The molecule has 0 unspecified atom stereocenters. The standard InChI is InChI=1S/C16H26N2O/c1-18(2)16(10-4-11-16)13-17-12-9-14-5-7-15(19-3)8-6-14/h5-8,17H,4,9-13H2,1-3H3. The van der Waals surface area contributed by atoms with Crippen LogP contribution in [0, 0.1) is 0 Å². The van der Waals surface area contributed by atoms with E-state index < -0.39 is 0 Å². The van der Waals surface area contributed by atoms with Crippen LogP contribution in [0.25, 0.3) is 0 Å². The summed E-state index contributed by atoms with van der Waals surface area (Å²) in [6, 6.07) is 8.35. The minimum atomic E-state index is 0.417. The van der Waals surface area contributed by atoms with Crippen molar-refractivity contribution in [2.75, 3.05) is 34.3 Å². The van der Waals surface area contributed by atoms with Crippen LogP contribution in [0.4, 0.5) is 0 Å². The van der Waals surface area contributed by atoms with Crippen LogP contribution in [0.2, 0.25) is 0 Å². The Balaban J connectivity index is 1.71. The highest BCUT2D eigenvalue weighted by atomic mass is 16.5. The summed E-state index contributed by atoms with van der Waals surface area (Å²) in [5.74, 6) is 0.928. The molecule has 0 aromatic heterocycles. The number of nitrogens with one attached hydrogen (secondary N) is 1. The molecule has 0 aliphatic heterocycles. The molecule has 1 aromatic rings. The molecule has 0 atom stereocenters. The maximum atomic E-state index is 5.17. The Labute approximate surface area is 116 Å². The van der Waals surface area contributed by atoms with Gasteiger partial charge in [0.05, 0.1) is 7.11 Å². The molecule has 0 heterocycles. The lowest BCUT2D eigenvalue weighted by molar-refractivity contribution is 0.0604.